The lowest BCUT2D eigenvalue weighted by Gasteiger charge is -2.14. The van der Waals surface area contributed by atoms with Crippen LogP contribution < -0.4 is 0 Å². The average Bonchev–Trinajstić information content (AvgIpc) is 2.43. The van der Waals surface area contributed by atoms with Gasteiger partial charge in [-0.1, -0.05) is 60.9 Å². The van der Waals surface area contributed by atoms with Crippen LogP contribution in [0.15, 0.2) is 71.5 Å². The van der Waals surface area contributed by atoms with Crippen LogP contribution in [-0.2, 0) is 6.42 Å². The zero-order valence-electron chi connectivity index (χ0n) is 12.1. The van der Waals surface area contributed by atoms with Gasteiger partial charge in [0.05, 0.1) is 0 Å². The zero-order valence-corrected chi connectivity index (χ0v) is 13.0. The van der Waals surface area contributed by atoms with Crippen LogP contribution in [0, 0.1) is 6.92 Å². The Balaban J connectivity index is 2.42. The molecule has 0 N–H and O–H groups in total. The molecule has 102 valence electrons. The standard InChI is InChI=1S/C19H20S/c1-5-14(2)9-10-17-13-18-15(3)8-6-7-11-20-19(18)12-16(17)4/h5-9,11-13H,1,3,10H2,2,4H3/b8-6-,11-7-,14-9-. The molecule has 0 radical (unpaired) electrons. The number of thioether (sulfide) groups is 1. The third-order valence-corrected chi connectivity index (χ3v) is 4.32. The third kappa shape index (κ3) is 3.43. The number of rotatable bonds is 3. The molecule has 0 nitrogen and oxygen atoms in total. The first kappa shape index (κ1) is 14.7. The molecule has 0 bridgehead atoms. The summed E-state index contributed by atoms with van der Waals surface area (Å²) in [5.74, 6) is 0. The van der Waals surface area contributed by atoms with E-state index in [0.29, 0.717) is 0 Å². The Morgan fingerprint density at radius 3 is 2.85 bits per heavy atom. The van der Waals surface area contributed by atoms with E-state index in [0.717, 1.165) is 12.0 Å². The van der Waals surface area contributed by atoms with Gasteiger partial charge in [-0.3, -0.25) is 0 Å². The molecule has 0 fully saturated rings. The second-order valence-corrected chi connectivity index (χ2v) is 5.91. The second-order valence-electron chi connectivity index (χ2n) is 4.96. The Morgan fingerprint density at radius 1 is 1.30 bits per heavy atom. The Morgan fingerprint density at radius 2 is 2.10 bits per heavy atom. The molecule has 0 atom stereocenters. The fraction of sp³-hybridized carbons (Fsp3) is 0.158. The topological polar surface area (TPSA) is 0 Å². The van der Waals surface area contributed by atoms with E-state index in [4.69, 9.17) is 0 Å². The van der Waals surface area contributed by atoms with Crippen molar-refractivity contribution < 1.29 is 0 Å². The SMILES string of the molecule is C=C/C(C)=C\Cc1cc2c(cc1C)S/C=C\C=C/C2=C. The zero-order chi connectivity index (χ0) is 14.5. The van der Waals surface area contributed by atoms with Gasteiger partial charge in [-0.25, -0.2) is 0 Å². The molecule has 0 aliphatic carbocycles. The Kier molecular flexibility index (Phi) is 4.86. The van der Waals surface area contributed by atoms with Crippen molar-refractivity contribution in [1.82, 2.24) is 0 Å². The molecule has 0 unspecified atom stereocenters. The van der Waals surface area contributed by atoms with Crippen molar-refractivity contribution in [3.63, 3.8) is 0 Å². The van der Waals surface area contributed by atoms with E-state index < -0.39 is 0 Å². The average molecular weight is 280 g/mol. The summed E-state index contributed by atoms with van der Waals surface area (Å²) in [6.45, 7) is 12.2. The monoisotopic (exact) mass is 280 g/mol. The number of hydrogen-bond donors (Lipinski definition) is 0. The van der Waals surface area contributed by atoms with Gasteiger partial charge in [0.1, 0.15) is 0 Å². The van der Waals surface area contributed by atoms with Crippen LogP contribution in [0.25, 0.3) is 5.57 Å². The van der Waals surface area contributed by atoms with Gasteiger partial charge in [-0.2, -0.15) is 0 Å². The molecular weight excluding hydrogens is 260 g/mol. The maximum atomic E-state index is 4.17. The largest absolute Gasteiger partial charge is 0.0988 e. The lowest BCUT2D eigenvalue weighted by molar-refractivity contribution is 1.16. The lowest BCUT2D eigenvalue weighted by atomic mass is 9.97. The highest BCUT2D eigenvalue weighted by atomic mass is 32.2. The lowest BCUT2D eigenvalue weighted by Crippen LogP contribution is -1.94. The summed E-state index contributed by atoms with van der Waals surface area (Å²) in [5.41, 5.74) is 6.20. The van der Waals surface area contributed by atoms with Crippen LogP contribution in [0.4, 0.5) is 0 Å². The van der Waals surface area contributed by atoms with E-state index in [1.54, 1.807) is 11.8 Å². The maximum absolute atomic E-state index is 4.17. The van der Waals surface area contributed by atoms with Crippen LogP contribution in [0.2, 0.25) is 0 Å². The minimum Gasteiger partial charge on any atom is -0.0988 e. The van der Waals surface area contributed by atoms with Crippen molar-refractivity contribution in [2.75, 3.05) is 0 Å². The third-order valence-electron chi connectivity index (χ3n) is 3.43. The van der Waals surface area contributed by atoms with Gasteiger partial charge in [0.15, 0.2) is 0 Å². The first-order valence-corrected chi connectivity index (χ1v) is 7.61. The van der Waals surface area contributed by atoms with E-state index in [1.807, 2.05) is 12.2 Å². The van der Waals surface area contributed by atoms with E-state index in [2.05, 4.69) is 62.8 Å². The van der Waals surface area contributed by atoms with Gasteiger partial charge in [-0.05, 0) is 60.1 Å². The molecule has 1 aliphatic rings. The summed E-state index contributed by atoms with van der Waals surface area (Å²) in [5, 5.41) is 2.11. The molecule has 0 aromatic heterocycles. The Bertz CT molecular complexity index is 627. The molecule has 2 rings (SSSR count). The van der Waals surface area contributed by atoms with Crippen LogP contribution in [0.1, 0.15) is 23.6 Å². The van der Waals surface area contributed by atoms with Crippen LogP contribution >= 0.6 is 11.8 Å². The van der Waals surface area contributed by atoms with Gasteiger partial charge in [0.2, 0.25) is 0 Å². The molecule has 1 aliphatic heterocycles. The predicted molar refractivity (Wildman–Crippen MR) is 92.0 cm³/mol. The minimum atomic E-state index is 0.939. The van der Waals surface area contributed by atoms with Crippen molar-refractivity contribution in [2.45, 2.75) is 25.2 Å². The number of aryl methyl sites for hydroxylation is 1. The second kappa shape index (κ2) is 6.62. The van der Waals surface area contributed by atoms with E-state index in [1.165, 1.54) is 27.2 Å². The van der Waals surface area contributed by atoms with E-state index in [-0.39, 0.29) is 0 Å². The van der Waals surface area contributed by atoms with Gasteiger partial charge < -0.3 is 0 Å². The molecule has 1 aromatic rings. The number of benzene rings is 1. The molecule has 0 saturated heterocycles. The fourth-order valence-corrected chi connectivity index (χ4v) is 2.95. The molecule has 0 spiro atoms. The molecular formula is C19H20S. The summed E-state index contributed by atoms with van der Waals surface area (Å²) < 4.78 is 0. The van der Waals surface area contributed by atoms with Crippen molar-refractivity contribution in [3.05, 3.63) is 83.3 Å². The Labute approximate surface area is 126 Å². The van der Waals surface area contributed by atoms with Crippen LogP contribution in [0.3, 0.4) is 0 Å². The summed E-state index contributed by atoms with van der Waals surface area (Å²) in [7, 11) is 0. The van der Waals surface area contributed by atoms with Crippen molar-refractivity contribution in [3.8, 4) is 0 Å². The molecule has 1 heteroatoms. The predicted octanol–water partition coefficient (Wildman–Crippen LogP) is 5.86. The fourth-order valence-electron chi connectivity index (χ4n) is 2.07. The smallest absolute Gasteiger partial charge is 0.0197 e. The highest BCUT2D eigenvalue weighted by molar-refractivity contribution is 8.02. The van der Waals surface area contributed by atoms with Crippen LogP contribution in [-0.4, -0.2) is 0 Å². The van der Waals surface area contributed by atoms with E-state index >= 15 is 0 Å². The van der Waals surface area contributed by atoms with Gasteiger partial charge in [0.25, 0.3) is 0 Å². The Hall–Kier alpha value is -1.73. The minimum absolute atomic E-state index is 0.939. The first-order chi connectivity index (χ1) is 9.61. The molecule has 0 saturated carbocycles. The number of allylic oxidation sites excluding steroid dienone is 7. The van der Waals surface area contributed by atoms with E-state index in [9.17, 15) is 0 Å². The summed E-state index contributed by atoms with van der Waals surface area (Å²) in [6.07, 6.45) is 11.2. The van der Waals surface area contributed by atoms with Crippen molar-refractivity contribution >= 4 is 17.3 Å². The molecule has 0 amide bonds. The molecule has 20 heavy (non-hydrogen) atoms. The summed E-state index contributed by atoms with van der Waals surface area (Å²) in [6, 6.07) is 4.54. The van der Waals surface area contributed by atoms with Gasteiger partial charge in [-0.15, -0.1) is 0 Å². The normalized spacial score (nSPS) is 17.9. The number of hydrogen-bond acceptors (Lipinski definition) is 1. The molecule has 1 aromatic carbocycles. The van der Waals surface area contributed by atoms with Crippen molar-refractivity contribution in [2.24, 2.45) is 0 Å². The van der Waals surface area contributed by atoms with Crippen LogP contribution in [0.5, 0.6) is 0 Å². The summed E-state index contributed by atoms with van der Waals surface area (Å²) in [4.78, 5) is 1.28. The van der Waals surface area contributed by atoms with Gasteiger partial charge >= 0.3 is 0 Å². The first-order valence-electron chi connectivity index (χ1n) is 6.73. The highest BCUT2D eigenvalue weighted by Crippen LogP contribution is 2.33. The van der Waals surface area contributed by atoms with Gasteiger partial charge in [0, 0.05) is 4.90 Å². The summed E-state index contributed by atoms with van der Waals surface area (Å²) >= 11 is 1.75. The quantitative estimate of drug-likeness (QED) is 0.625. The molecule has 1 heterocycles. The highest BCUT2D eigenvalue weighted by Gasteiger charge is 2.09. The maximum Gasteiger partial charge on any atom is 0.0197 e. The van der Waals surface area contributed by atoms with Crippen molar-refractivity contribution in [1.29, 1.82) is 0 Å². The number of fused-ring (bicyclic) bond motifs is 1.